The molecule has 0 radical (unpaired) electrons. The number of aromatic amines is 2. The first-order valence-corrected chi connectivity index (χ1v) is 6.35. The van der Waals surface area contributed by atoms with Crippen LogP contribution in [0.3, 0.4) is 0 Å². The number of benzene rings is 1. The van der Waals surface area contributed by atoms with E-state index in [1.54, 1.807) is 6.20 Å². The Labute approximate surface area is 97.3 Å². The molecule has 3 nitrogen and oxygen atoms in total. The third-order valence-electron chi connectivity index (χ3n) is 2.82. The Morgan fingerprint density at radius 1 is 1.31 bits per heavy atom. The average molecular weight is 232 g/mol. The van der Waals surface area contributed by atoms with E-state index in [2.05, 4.69) is 28.2 Å². The summed E-state index contributed by atoms with van der Waals surface area (Å²) in [6.45, 7) is 0. The number of aryl methyl sites for hydroxylation is 1. The van der Waals surface area contributed by atoms with Gasteiger partial charge in [0.1, 0.15) is 0 Å². The summed E-state index contributed by atoms with van der Waals surface area (Å²) >= 11 is 1.92. The van der Waals surface area contributed by atoms with Crippen molar-refractivity contribution in [3.05, 3.63) is 40.4 Å². The van der Waals surface area contributed by atoms with Crippen molar-refractivity contribution in [1.82, 2.24) is 9.97 Å². The summed E-state index contributed by atoms with van der Waals surface area (Å²) in [5.74, 6) is 1.22. The van der Waals surface area contributed by atoms with Gasteiger partial charge in [-0.25, -0.2) is 4.79 Å². The molecule has 0 atom stereocenters. The minimum absolute atomic E-state index is 0.151. The van der Waals surface area contributed by atoms with Gasteiger partial charge in [0.05, 0.1) is 5.69 Å². The van der Waals surface area contributed by atoms with Crippen LogP contribution >= 0.6 is 11.8 Å². The predicted octanol–water partition coefficient (Wildman–Crippen LogP) is 2.41. The Kier molecular flexibility index (Phi) is 2.36. The summed E-state index contributed by atoms with van der Waals surface area (Å²) in [4.78, 5) is 17.8. The van der Waals surface area contributed by atoms with Gasteiger partial charge in [-0.1, -0.05) is 6.07 Å². The average Bonchev–Trinajstić information content (AvgIpc) is 2.75. The summed E-state index contributed by atoms with van der Waals surface area (Å²) in [5, 5.41) is 0. The van der Waals surface area contributed by atoms with Crippen molar-refractivity contribution >= 4 is 11.8 Å². The highest BCUT2D eigenvalue weighted by Gasteiger charge is 2.11. The Morgan fingerprint density at radius 2 is 2.25 bits per heavy atom. The van der Waals surface area contributed by atoms with Crippen LogP contribution < -0.4 is 5.69 Å². The highest BCUT2D eigenvalue weighted by molar-refractivity contribution is 7.99. The van der Waals surface area contributed by atoms with E-state index in [0.29, 0.717) is 0 Å². The van der Waals surface area contributed by atoms with Crippen LogP contribution in [-0.2, 0) is 6.42 Å². The standard InChI is InChI=1S/C12H12N2OS/c15-12-13-7-10(14-12)8-3-4-11-9(6-8)2-1-5-16-11/h3-4,6-7H,1-2,5H2,(H2,13,14,15). The van der Waals surface area contributed by atoms with Crippen molar-refractivity contribution < 1.29 is 0 Å². The van der Waals surface area contributed by atoms with Crippen LogP contribution in [0, 0.1) is 0 Å². The minimum Gasteiger partial charge on any atom is -0.312 e. The normalized spacial score (nSPS) is 14.8. The summed E-state index contributed by atoms with van der Waals surface area (Å²) in [5.41, 5.74) is 3.20. The molecule has 0 aliphatic carbocycles. The van der Waals surface area contributed by atoms with Crippen LogP contribution in [0.4, 0.5) is 0 Å². The van der Waals surface area contributed by atoms with E-state index in [-0.39, 0.29) is 5.69 Å². The fraction of sp³-hybridized carbons (Fsp3) is 0.250. The molecule has 0 unspecified atom stereocenters. The van der Waals surface area contributed by atoms with Gasteiger partial charge in [-0.05, 0) is 41.9 Å². The molecule has 0 fully saturated rings. The fourth-order valence-electron chi connectivity index (χ4n) is 2.02. The van der Waals surface area contributed by atoms with E-state index in [9.17, 15) is 4.79 Å². The second-order valence-corrected chi connectivity index (χ2v) is 5.07. The second-order valence-electron chi connectivity index (χ2n) is 3.93. The van der Waals surface area contributed by atoms with Crippen molar-refractivity contribution in [1.29, 1.82) is 0 Å². The van der Waals surface area contributed by atoms with Gasteiger partial charge in [0, 0.05) is 11.1 Å². The number of hydrogen-bond acceptors (Lipinski definition) is 2. The molecule has 0 saturated heterocycles. The Hall–Kier alpha value is -1.42. The molecule has 2 heterocycles. The van der Waals surface area contributed by atoms with Crippen LogP contribution in [0.1, 0.15) is 12.0 Å². The van der Waals surface area contributed by atoms with E-state index in [0.717, 1.165) is 17.7 Å². The summed E-state index contributed by atoms with van der Waals surface area (Å²) in [6.07, 6.45) is 4.11. The van der Waals surface area contributed by atoms with Gasteiger partial charge in [0.25, 0.3) is 0 Å². The predicted molar refractivity (Wildman–Crippen MR) is 65.9 cm³/mol. The molecule has 0 bridgehead atoms. The first kappa shape index (κ1) is 9.78. The Balaban J connectivity index is 2.06. The number of H-pyrrole nitrogens is 2. The topological polar surface area (TPSA) is 48.6 Å². The number of imidazole rings is 1. The molecule has 3 rings (SSSR count). The minimum atomic E-state index is -0.151. The maximum atomic E-state index is 11.0. The molecule has 1 aromatic heterocycles. The molecule has 0 amide bonds. The molecule has 2 aromatic rings. The van der Waals surface area contributed by atoms with Crippen LogP contribution in [0.15, 0.2) is 34.1 Å². The van der Waals surface area contributed by atoms with Gasteiger partial charge in [0.2, 0.25) is 0 Å². The Bertz CT molecular complexity index is 570. The van der Waals surface area contributed by atoms with E-state index in [1.807, 2.05) is 11.8 Å². The largest absolute Gasteiger partial charge is 0.323 e. The van der Waals surface area contributed by atoms with Crippen molar-refractivity contribution in [2.45, 2.75) is 17.7 Å². The second kappa shape index (κ2) is 3.87. The van der Waals surface area contributed by atoms with Crippen molar-refractivity contribution in [3.8, 4) is 11.3 Å². The van der Waals surface area contributed by atoms with Crippen LogP contribution in [0.2, 0.25) is 0 Å². The molecule has 4 heteroatoms. The zero-order valence-electron chi connectivity index (χ0n) is 8.75. The molecule has 1 aliphatic rings. The zero-order valence-corrected chi connectivity index (χ0v) is 9.56. The maximum absolute atomic E-state index is 11.0. The number of hydrogen-bond donors (Lipinski definition) is 2. The molecular formula is C12H12N2OS. The van der Waals surface area contributed by atoms with E-state index >= 15 is 0 Å². The van der Waals surface area contributed by atoms with Gasteiger partial charge in [-0.3, -0.25) is 0 Å². The van der Waals surface area contributed by atoms with Gasteiger partial charge in [-0.15, -0.1) is 11.8 Å². The van der Waals surface area contributed by atoms with Crippen LogP contribution in [0.25, 0.3) is 11.3 Å². The lowest BCUT2D eigenvalue weighted by Gasteiger charge is -2.15. The smallest absolute Gasteiger partial charge is 0.312 e. The van der Waals surface area contributed by atoms with Crippen LogP contribution in [-0.4, -0.2) is 15.7 Å². The molecule has 1 aliphatic heterocycles. The van der Waals surface area contributed by atoms with Gasteiger partial charge >= 0.3 is 5.69 Å². The maximum Gasteiger partial charge on any atom is 0.323 e. The lowest BCUT2D eigenvalue weighted by molar-refractivity contribution is 0.890. The zero-order chi connectivity index (χ0) is 11.0. The summed E-state index contributed by atoms with van der Waals surface area (Å²) < 4.78 is 0. The molecule has 16 heavy (non-hydrogen) atoms. The van der Waals surface area contributed by atoms with Gasteiger partial charge in [-0.2, -0.15) is 0 Å². The summed E-state index contributed by atoms with van der Waals surface area (Å²) in [7, 11) is 0. The number of aromatic nitrogens is 2. The molecule has 1 aromatic carbocycles. The molecule has 0 spiro atoms. The lowest BCUT2D eigenvalue weighted by atomic mass is 10.0. The first-order chi connectivity index (χ1) is 7.83. The van der Waals surface area contributed by atoms with Crippen molar-refractivity contribution in [2.24, 2.45) is 0 Å². The van der Waals surface area contributed by atoms with Crippen LogP contribution in [0.5, 0.6) is 0 Å². The molecule has 0 saturated carbocycles. The number of nitrogens with one attached hydrogen (secondary N) is 2. The number of rotatable bonds is 1. The monoisotopic (exact) mass is 232 g/mol. The highest BCUT2D eigenvalue weighted by Crippen LogP contribution is 2.32. The van der Waals surface area contributed by atoms with Gasteiger partial charge in [0.15, 0.2) is 0 Å². The quantitative estimate of drug-likeness (QED) is 0.793. The molecule has 82 valence electrons. The lowest BCUT2D eigenvalue weighted by Crippen LogP contribution is -2.01. The third kappa shape index (κ3) is 1.69. The summed E-state index contributed by atoms with van der Waals surface area (Å²) in [6, 6.07) is 6.40. The highest BCUT2D eigenvalue weighted by atomic mass is 32.2. The third-order valence-corrected chi connectivity index (χ3v) is 4.02. The fourth-order valence-corrected chi connectivity index (χ4v) is 3.03. The molecular weight excluding hydrogens is 220 g/mol. The van der Waals surface area contributed by atoms with E-state index < -0.39 is 0 Å². The van der Waals surface area contributed by atoms with Crippen molar-refractivity contribution in [3.63, 3.8) is 0 Å². The Morgan fingerprint density at radius 3 is 3.06 bits per heavy atom. The van der Waals surface area contributed by atoms with Crippen molar-refractivity contribution in [2.75, 3.05) is 5.75 Å². The van der Waals surface area contributed by atoms with Gasteiger partial charge < -0.3 is 9.97 Å². The van der Waals surface area contributed by atoms with E-state index in [4.69, 9.17) is 0 Å². The number of fused-ring (bicyclic) bond motifs is 1. The first-order valence-electron chi connectivity index (χ1n) is 5.37. The SMILES string of the molecule is O=c1[nH]cc(-c2ccc3c(c2)CCCS3)[nH]1. The number of thioether (sulfide) groups is 1. The van der Waals surface area contributed by atoms with E-state index in [1.165, 1.54) is 22.6 Å². The molecule has 2 N–H and O–H groups in total.